The summed E-state index contributed by atoms with van der Waals surface area (Å²) in [6, 6.07) is 1.52. The summed E-state index contributed by atoms with van der Waals surface area (Å²) in [5.74, 6) is 0. The predicted octanol–water partition coefficient (Wildman–Crippen LogP) is 0.960. The van der Waals surface area contributed by atoms with E-state index in [0.29, 0.717) is 12.1 Å². The molecule has 0 aromatic heterocycles. The van der Waals surface area contributed by atoms with E-state index in [0.717, 1.165) is 32.4 Å². The van der Waals surface area contributed by atoms with Crippen molar-refractivity contribution in [2.45, 2.75) is 44.4 Å². The summed E-state index contributed by atoms with van der Waals surface area (Å²) >= 11 is 0. The van der Waals surface area contributed by atoms with Crippen LogP contribution in [0.2, 0.25) is 0 Å². The van der Waals surface area contributed by atoms with Gasteiger partial charge in [-0.3, -0.25) is 9.80 Å². The van der Waals surface area contributed by atoms with Gasteiger partial charge in [-0.05, 0) is 25.8 Å². The Balaban J connectivity index is 1.58. The van der Waals surface area contributed by atoms with Crippen LogP contribution in [0.4, 0.5) is 0 Å². The van der Waals surface area contributed by atoms with E-state index >= 15 is 0 Å². The van der Waals surface area contributed by atoms with E-state index in [1.54, 1.807) is 0 Å². The van der Waals surface area contributed by atoms with Gasteiger partial charge in [0.15, 0.2) is 0 Å². The molecule has 3 saturated heterocycles. The van der Waals surface area contributed by atoms with Crippen LogP contribution < -0.4 is 0 Å². The van der Waals surface area contributed by atoms with Gasteiger partial charge in [-0.25, -0.2) is 0 Å². The molecule has 0 aromatic rings. The van der Waals surface area contributed by atoms with Crippen LogP contribution in [-0.4, -0.2) is 74.0 Å². The predicted molar refractivity (Wildman–Crippen MR) is 70.8 cm³/mol. The molecule has 3 aliphatic heterocycles. The Bertz CT molecular complexity index is 269. The molecule has 4 heteroatoms. The fourth-order valence-electron chi connectivity index (χ4n) is 3.66. The first-order valence-corrected chi connectivity index (χ1v) is 7.54. The number of hydrogen-bond acceptors (Lipinski definition) is 4. The standard InChI is InChI=1S/C14H26N2O2/c1-2-12-8-15-5-3-4-13(15)9-16(12)10-14-11-17-6-7-18-14/h12-14H,2-11H2,1H3. The highest BCUT2D eigenvalue weighted by Gasteiger charge is 2.36. The third-order valence-electron chi connectivity index (χ3n) is 4.70. The minimum absolute atomic E-state index is 0.292. The van der Waals surface area contributed by atoms with E-state index < -0.39 is 0 Å². The zero-order chi connectivity index (χ0) is 12.4. The molecule has 0 saturated carbocycles. The molecule has 3 rings (SSSR count). The average molecular weight is 254 g/mol. The van der Waals surface area contributed by atoms with Crippen molar-refractivity contribution in [3.05, 3.63) is 0 Å². The van der Waals surface area contributed by atoms with Crippen molar-refractivity contribution in [2.75, 3.05) is 46.0 Å². The fraction of sp³-hybridized carbons (Fsp3) is 1.00. The fourth-order valence-corrected chi connectivity index (χ4v) is 3.66. The SMILES string of the molecule is CCC1CN2CCCC2CN1CC1COCCO1. The first kappa shape index (κ1) is 12.9. The molecule has 3 unspecified atom stereocenters. The van der Waals surface area contributed by atoms with Crippen LogP contribution in [0.1, 0.15) is 26.2 Å². The van der Waals surface area contributed by atoms with Crippen LogP contribution in [-0.2, 0) is 9.47 Å². The lowest BCUT2D eigenvalue weighted by Crippen LogP contribution is -2.58. The number of ether oxygens (including phenoxy) is 2. The Hall–Kier alpha value is -0.160. The zero-order valence-electron chi connectivity index (χ0n) is 11.5. The van der Waals surface area contributed by atoms with E-state index in [9.17, 15) is 0 Å². The largest absolute Gasteiger partial charge is 0.376 e. The highest BCUT2D eigenvalue weighted by Crippen LogP contribution is 2.26. The molecule has 104 valence electrons. The van der Waals surface area contributed by atoms with E-state index in [-0.39, 0.29) is 0 Å². The van der Waals surface area contributed by atoms with Gasteiger partial charge in [0.2, 0.25) is 0 Å². The molecule has 0 radical (unpaired) electrons. The van der Waals surface area contributed by atoms with Crippen LogP contribution >= 0.6 is 0 Å². The quantitative estimate of drug-likeness (QED) is 0.749. The van der Waals surface area contributed by atoms with Gasteiger partial charge in [-0.15, -0.1) is 0 Å². The van der Waals surface area contributed by atoms with Crippen LogP contribution in [0.3, 0.4) is 0 Å². The number of nitrogens with zero attached hydrogens (tertiary/aromatic N) is 2. The number of piperazine rings is 1. The van der Waals surface area contributed by atoms with Crippen molar-refractivity contribution in [3.63, 3.8) is 0 Å². The van der Waals surface area contributed by atoms with Gasteiger partial charge in [0.05, 0.1) is 25.9 Å². The normalized spacial score (nSPS) is 38.8. The summed E-state index contributed by atoms with van der Waals surface area (Å²) < 4.78 is 11.3. The Kier molecular flexibility index (Phi) is 4.19. The molecule has 0 amide bonds. The van der Waals surface area contributed by atoms with Crippen LogP contribution in [0, 0.1) is 0 Å². The third kappa shape index (κ3) is 2.72. The maximum atomic E-state index is 5.80. The number of hydrogen-bond donors (Lipinski definition) is 0. The molecule has 0 spiro atoms. The molecule has 0 aromatic carbocycles. The lowest BCUT2D eigenvalue weighted by Gasteiger charge is -2.44. The van der Waals surface area contributed by atoms with Crippen molar-refractivity contribution in [3.8, 4) is 0 Å². The van der Waals surface area contributed by atoms with Gasteiger partial charge < -0.3 is 9.47 Å². The maximum Gasteiger partial charge on any atom is 0.0936 e. The van der Waals surface area contributed by atoms with Crippen molar-refractivity contribution < 1.29 is 9.47 Å². The highest BCUT2D eigenvalue weighted by molar-refractivity contribution is 4.92. The van der Waals surface area contributed by atoms with Crippen LogP contribution in [0.15, 0.2) is 0 Å². The van der Waals surface area contributed by atoms with Gasteiger partial charge >= 0.3 is 0 Å². The lowest BCUT2D eigenvalue weighted by molar-refractivity contribution is -0.107. The van der Waals surface area contributed by atoms with Crippen LogP contribution in [0.25, 0.3) is 0 Å². The van der Waals surface area contributed by atoms with Crippen molar-refractivity contribution >= 4 is 0 Å². The average Bonchev–Trinajstić information content (AvgIpc) is 2.86. The topological polar surface area (TPSA) is 24.9 Å². The Morgan fingerprint density at radius 1 is 1.22 bits per heavy atom. The first-order chi connectivity index (χ1) is 8.86. The number of rotatable bonds is 3. The van der Waals surface area contributed by atoms with Gasteiger partial charge in [-0.1, -0.05) is 6.92 Å². The number of fused-ring (bicyclic) bond motifs is 1. The Labute approximate surface area is 110 Å². The lowest BCUT2D eigenvalue weighted by atomic mass is 10.0. The monoisotopic (exact) mass is 254 g/mol. The summed E-state index contributed by atoms with van der Waals surface area (Å²) in [6.07, 6.45) is 4.31. The van der Waals surface area contributed by atoms with E-state index in [2.05, 4.69) is 16.7 Å². The maximum absolute atomic E-state index is 5.80. The van der Waals surface area contributed by atoms with Crippen molar-refractivity contribution in [1.82, 2.24) is 9.80 Å². The molecule has 0 N–H and O–H groups in total. The van der Waals surface area contributed by atoms with Gasteiger partial charge in [0, 0.05) is 31.7 Å². The minimum Gasteiger partial charge on any atom is -0.376 e. The molecule has 4 nitrogen and oxygen atoms in total. The molecular formula is C14H26N2O2. The molecular weight excluding hydrogens is 228 g/mol. The third-order valence-corrected chi connectivity index (χ3v) is 4.70. The van der Waals surface area contributed by atoms with Gasteiger partial charge in [0.25, 0.3) is 0 Å². The smallest absolute Gasteiger partial charge is 0.0936 e. The van der Waals surface area contributed by atoms with Crippen LogP contribution in [0.5, 0.6) is 0 Å². The summed E-state index contributed by atoms with van der Waals surface area (Å²) in [5.41, 5.74) is 0. The first-order valence-electron chi connectivity index (χ1n) is 7.54. The second-order valence-corrected chi connectivity index (χ2v) is 5.87. The van der Waals surface area contributed by atoms with Crippen molar-refractivity contribution in [1.29, 1.82) is 0 Å². The van der Waals surface area contributed by atoms with Gasteiger partial charge in [-0.2, -0.15) is 0 Å². The molecule has 0 bridgehead atoms. The highest BCUT2D eigenvalue weighted by atomic mass is 16.6. The van der Waals surface area contributed by atoms with E-state index in [1.165, 1.54) is 38.9 Å². The van der Waals surface area contributed by atoms with E-state index in [4.69, 9.17) is 9.47 Å². The molecule has 0 aliphatic carbocycles. The van der Waals surface area contributed by atoms with Crippen molar-refractivity contribution in [2.24, 2.45) is 0 Å². The summed E-state index contributed by atoms with van der Waals surface area (Å²) in [4.78, 5) is 5.36. The summed E-state index contributed by atoms with van der Waals surface area (Å²) in [5, 5.41) is 0. The molecule has 3 fully saturated rings. The second-order valence-electron chi connectivity index (χ2n) is 5.87. The molecule has 3 aliphatic rings. The summed E-state index contributed by atoms with van der Waals surface area (Å²) in [7, 11) is 0. The molecule has 3 heterocycles. The summed E-state index contributed by atoms with van der Waals surface area (Å²) in [6.45, 7) is 9.50. The Morgan fingerprint density at radius 2 is 2.17 bits per heavy atom. The van der Waals surface area contributed by atoms with E-state index in [1.807, 2.05) is 0 Å². The second kappa shape index (κ2) is 5.87. The Morgan fingerprint density at radius 3 is 2.94 bits per heavy atom. The molecule has 3 atom stereocenters. The zero-order valence-corrected chi connectivity index (χ0v) is 11.5. The minimum atomic E-state index is 0.292. The molecule has 18 heavy (non-hydrogen) atoms. The van der Waals surface area contributed by atoms with Gasteiger partial charge in [0.1, 0.15) is 0 Å².